The predicted molar refractivity (Wildman–Crippen MR) is 83.9 cm³/mol. The fourth-order valence-electron chi connectivity index (χ4n) is 2.34. The van der Waals surface area contributed by atoms with Crippen LogP contribution in [0.1, 0.15) is 5.56 Å². The SMILES string of the molecule is CN(C)CCc1c[nH]c2ccc(-c3ccsc3)cc12. The standard InChI is InChI=1S/C16H18N2S/c1-18(2)7-5-13-10-17-16-4-3-12(9-15(13)16)14-6-8-19-11-14/h3-4,6,8-11,17H,5,7H2,1-2H3. The van der Waals surface area contributed by atoms with Crippen molar-refractivity contribution < 1.29 is 0 Å². The lowest BCUT2D eigenvalue weighted by Gasteiger charge is -2.08. The summed E-state index contributed by atoms with van der Waals surface area (Å²) < 4.78 is 0. The molecule has 3 aromatic rings. The number of likely N-dealkylation sites (N-methyl/N-ethyl adjacent to an activating group) is 1. The number of benzene rings is 1. The Bertz CT molecular complexity index is 665. The van der Waals surface area contributed by atoms with E-state index in [4.69, 9.17) is 0 Å². The average molecular weight is 270 g/mol. The molecule has 0 bridgehead atoms. The van der Waals surface area contributed by atoms with Gasteiger partial charge in [-0.25, -0.2) is 0 Å². The van der Waals surface area contributed by atoms with Gasteiger partial charge >= 0.3 is 0 Å². The molecule has 1 aromatic carbocycles. The highest BCUT2D eigenvalue weighted by Crippen LogP contribution is 2.27. The first-order valence-electron chi connectivity index (χ1n) is 6.51. The Kier molecular flexibility index (Phi) is 3.40. The number of nitrogens with zero attached hydrogens (tertiary/aromatic N) is 1. The van der Waals surface area contributed by atoms with E-state index in [1.54, 1.807) is 11.3 Å². The van der Waals surface area contributed by atoms with Gasteiger partial charge in [0.05, 0.1) is 0 Å². The average Bonchev–Trinajstić information content (AvgIpc) is 3.05. The molecule has 0 saturated carbocycles. The summed E-state index contributed by atoms with van der Waals surface area (Å²) in [5.41, 5.74) is 5.25. The summed E-state index contributed by atoms with van der Waals surface area (Å²) in [6.45, 7) is 1.08. The largest absolute Gasteiger partial charge is 0.361 e. The van der Waals surface area contributed by atoms with Gasteiger partial charge in [0.25, 0.3) is 0 Å². The first-order chi connectivity index (χ1) is 9.24. The van der Waals surface area contributed by atoms with Crippen LogP contribution in [0.3, 0.4) is 0 Å². The maximum Gasteiger partial charge on any atom is 0.0457 e. The Balaban J connectivity index is 1.98. The van der Waals surface area contributed by atoms with Crippen LogP contribution in [-0.4, -0.2) is 30.5 Å². The van der Waals surface area contributed by atoms with Crippen LogP contribution in [-0.2, 0) is 6.42 Å². The maximum atomic E-state index is 3.37. The minimum Gasteiger partial charge on any atom is -0.361 e. The van der Waals surface area contributed by atoms with Crippen molar-refractivity contribution in [3.05, 3.63) is 46.8 Å². The molecule has 0 spiro atoms. The highest BCUT2D eigenvalue weighted by molar-refractivity contribution is 7.08. The van der Waals surface area contributed by atoms with E-state index >= 15 is 0 Å². The second kappa shape index (κ2) is 5.19. The Hall–Kier alpha value is -1.58. The zero-order valence-electron chi connectivity index (χ0n) is 11.3. The van der Waals surface area contributed by atoms with Gasteiger partial charge in [0.15, 0.2) is 0 Å². The number of H-pyrrole nitrogens is 1. The summed E-state index contributed by atoms with van der Waals surface area (Å²) in [4.78, 5) is 5.59. The number of thiophene rings is 1. The summed E-state index contributed by atoms with van der Waals surface area (Å²) in [6.07, 6.45) is 3.23. The highest BCUT2D eigenvalue weighted by Gasteiger charge is 2.06. The Morgan fingerprint density at radius 3 is 2.79 bits per heavy atom. The lowest BCUT2D eigenvalue weighted by atomic mass is 10.0. The van der Waals surface area contributed by atoms with Gasteiger partial charge in [-0.2, -0.15) is 11.3 Å². The lowest BCUT2D eigenvalue weighted by Crippen LogP contribution is -2.14. The van der Waals surface area contributed by atoms with Gasteiger partial charge in [-0.3, -0.25) is 0 Å². The highest BCUT2D eigenvalue weighted by atomic mass is 32.1. The number of rotatable bonds is 4. The minimum absolute atomic E-state index is 1.08. The van der Waals surface area contributed by atoms with E-state index in [1.165, 1.54) is 27.6 Å². The molecule has 0 saturated heterocycles. The van der Waals surface area contributed by atoms with Crippen LogP contribution in [0, 0.1) is 0 Å². The van der Waals surface area contributed by atoms with Crippen LogP contribution in [0.5, 0.6) is 0 Å². The van der Waals surface area contributed by atoms with Crippen molar-refractivity contribution in [1.82, 2.24) is 9.88 Å². The van der Waals surface area contributed by atoms with Crippen molar-refractivity contribution >= 4 is 22.2 Å². The Morgan fingerprint density at radius 2 is 2.05 bits per heavy atom. The third-order valence-corrected chi connectivity index (χ3v) is 4.13. The first kappa shape index (κ1) is 12.5. The molecule has 0 radical (unpaired) electrons. The zero-order chi connectivity index (χ0) is 13.2. The van der Waals surface area contributed by atoms with E-state index in [1.807, 2.05) is 0 Å². The molecule has 0 aliphatic rings. The lowest BCUT2D eigenvalue weighted by molar-refractivity contribution is 0.414. The van der Waals surface area contributed by atoms with Crippen molar-refractivity contribution in [2.45, 2.75) is 6.42 Å². The molecular weight excluding hydrogens is 252 g/mol. The van der Waals surface area contributed by atoms with Crippen LogP contribution < -0.4 is 0 Å². The topological polar surface area (TPSA) is 19.0 Å². The van der Waals surface area contributed by atoms with Gasteiger partial charge in [0, 0.05) is 23.6 Å². The molecule has 98 valence electrons. The van der Waals surface area contributed by atoms with Gasteiger partial charge in [0.1, 0.15) is 0 Å². The molecule has 0 atom stereocenters. The van der Waals surface area contributed by atoms with Crippen molar-refractivity contribution in [2.75, 3.05) is 20.6 Å². The third-order valence-electron chi connectivity index (χ3n) is 3.45. The molecule has 3 rings (SSSR count). The smallest absolute Gasteiger partial charge is 0.0457 e. The fraction of sp³-hybridized carbons (Fsp3) is 0.250. The summed E-state index contributed by atoms with van der Waals surface area (Å²) in [6, 6.07) is 8.86. The quantitative estimate of drug-likeness (QED) is 0.759. The Morgan fingerprint density at radius 1 is 1.16 bits per heavy atom. The van der Waals surface area contributed by atoms with E-state index < -0.39 is 0 Å². The molecule has 3 heteroatoms. The number of aromatic nitrogens is 1. The number of aromatic amines is 1. The van der Waals surface area contributed by atoms with Gasteiger partial charge in [-0.1, -0.05) is 6.07 Å². The van der Waals surface area contributed by atoms with Crippen LogP contribution in [0.15, 0.2) is 41.2 Å². The van der Waals surface area contributed by atoms with Gasteiger partial charge in [-0.05, 0) is 66.2 Å². The second-order valence-corrected chi connectivity index (χ2v) is 5.92. The van der Waals surface area contributed by atoms with E-state index in [2.05, 4.69) is 65.2 Å². The molecule has 2 nitrogen and oxygen atoms in total. The molecule has 2 heterocycles. The molecule has 19 heavy (non-hydrogen) atoms. The van der Waals surface area contributed by atoms with Crippen LogP contribution in [0.2, 0.25) is 0 Å². The number of hydrogen-bond acceptors (Lipinski definition) is 2. The van der Waals surface area contributed by atoms with E-state index in [9.17, 15) is 0 Å². The van der Waals surface area contributed by atoms with Gasteiger partial charge in [-0.15, -0.1) is 0 Å². The maximum absolute atomic E-state index is 3.37. The van der Waals surface area contributed by atoms with Crippen LogP contribution in [0.25, 0.3) is 22.0 Å². The van der Waals surface area contributed by atoms with Crippen LogP contribution >= 0.6 is 11.3 Å². The normalized spacial score (nSPS) is 11.5. The van der Waals surface area contributed by atoms with E-state index in [0.29, 0.717) is 0 Å². The first-order valence-corrected chi connectivity index (χ1v) is 7.45. The molecule has 0 unspecified atom stereocenters. The van der Waals surface area contributed by atoms with Crippen LogP contribution in [0.4, 0.5) is 0 Å². The molecule has 0 fully saturated rings. The zero-order valence-corrected chi connectivity index (χ0v) is 12.1. The van der Waals surface area contributed by atoms with E-state index in [0.717, 1.165) is 13.0 Å². The molecule has 1 N–H and O–H groups in total. The van der Waals surface area contributed by atoms with Gasteiger partial charge in [0.2, 0.25) is 0 Å². The number of hydrogen-bond donors (Lipinski definition) is 1. The Labute approximate surface area is 117 Å². The van der Waals surface area contributed by atoms with E-state index in [-0.39, 0.29) is 0 Å². The summed E-state index contributed by atoms with van der Waals surface area (Å²) >= 11 is 1.75. The van der Waals surface area contributed by atoms with Crippen molar-refractivity contribution in [3.63, 3.8) is 0 Å². The van der Waals surface area contributed by atoms with Crippen molar-refractivity contribution in [3.8, 4) is 11.1 Å². The predicted octanol–water partition coefficient (Wildman–Crippen LogP) is 4.00. The second-order valence-electron chi connectivity index (χ2n) is 5.14. The number of nitrogens with one attached hydrogen (secondary N) is 1. The summed E-state index contributed by atoms with van der Waals surface area (Å²) in [7, 11) is 4.23. The molecule has 2 aromatic heterocycles. The molecule has 0 aliphatic carbocycles. The number of fused-ring (bicyclic) bond motifs is 1. The third kappa shape index (κ3) is 2.57. The molecular formula is C16H18N2S. The summed E-state index contributed by atoms with van der Waals surface area (Å²) in [5.74, 6) is 0. The van der Waals surface area contributed by atoms with Crippen molar-refractivity contribution in [1.29, 1.82) is 0 Å². The summed E-state index contributed by atoms with van der Waals surface area (Å²) in [5, 5.41) is 5.68. The van der Waals surface area contributed by atoms with Gasteiger partial charge < -0.3 is 9.88 Å². The molecule has 0 aliphatic heterocycles. The fourth-order valence-corrected chi connectivity index (χ4v) is 3.00. The van der Waals surface area contributed by atoms with Crippen molar-refractivity contribution in [2.24, 2.45) is 0 Å². The monoisotopic (exact) mass is 270 g/mol. The minimum atomic E-state index is 1.08. The molecule has 0 amide bonds.